The lowest BCUT2D eigenvalue weighted by molar-refractivity contribution is 0.481. The van der Waals surface area contributed by atoms with Crippen LogP contribution in [0.1, 0.15) is 18.4 Å². The summed E-state index contributed by atoms with van der Waals surface area (Å²) in [5, 5.41) is 12.2. The molecule has 2 fully saturated rings. The monoisotopic (exact) mass is 286 g/mol. The third-order valence-electron chi connectivity index (χ3n) is 3.52. The van der Waals surface area contributed by atoms with E-state index in [-0.39, 0.29) is 24.8 Å². The van der Waals surface area contributed by atoms with Crippen LogP contribution >= 0.6 is 24.8 Å². The zero-order valence-corrected chi connectivity index (χ0v) is 11.5. The number of fused-ring (bicyclic) bond motifs is 2. The molecule has 2 saturated heterocycles. The molecule has 4 nitrogen and oxygen atoms in total. The van der Waals surface area contributed by atoms with E-state index >= 15 is 0 Å². The first-order valence-corrected chi connectivity index (χ1v) is 5.73. The van der Waals surface area contributed by atoms with Crippen LogP contribution < -0.4 is 10.2 Å². The highest BCUT2D eigenvalue weighted by Gasteiger charge is 2.36. The molecule has 2 aliphatic heterocycles. The molecule has 1 N–H and O–H groups in total. The summed E-state index contributed by atoms with van der Waals surface area (Å²) in [5.74, 6) is 1.02. The molecule has 0 spiro atoms. The third kappa shape index (κ3) is 2.54. The molecule has 3 rings (SSSR count). The topological polar surface area (TPSA) is 52.0 Å². The molecule has 1 aromatic heterocycles. The van der Waals surface area contributed by atoms with Crippen molar-refractivity contribution in [2.45, 2.75) is 24.9 Å². The summed E-state index contributed by atoms with van der Waals surface area (Å²) in [6.07, 6.45) is 4.16. The van der Waals surface area contributed by atoms with Crippen LogP contribution in [0, 0.1) is 11.3 Å². The number of nitriles is 1. The molecule has 18 heavy (non-hydrogen) atoms. The molecular formula is C12H16Cl2N4. The molecule has 98 valence electrons. The van der Waals surface area contributed by atoms with Crippen LogP contribution in [-0.4, -0.2) is 30.2 Å². The minimum Gasteiger partial charge on any atom is -0.348 e. The van der Waals surface area contributed by atoms with E-state index in [4.69, 9.17) is 5.26 Å². The molecule has 3 heterocycles. The Balaban J connectivity index is 0.000000810. The van der Waals surface area contributed by atoms with E-state index in [1.807, 2.05) is 12.1 Å². The molecule has 0 amide bonds. The van der Waals surface area contributed by atoms with E-state index in [0.29, 0.717) is 17.6 Å². The minimum atomic E-state index is 0. The summed E-state index contributed by atoms with van der Waals surface area (Å²) < 4.78 is 0. The third-order valence-corrected chi connectivity index (χ3v) is 3.52. The fourth-order valence-corrected chi connectivity index (χ4v) is 2.76. The largest absolute Gasteiger partial charge is 0.348 e. The fourth-order valence-electron chi connectivity index (χ4n) is 2.76. The highest BCUT2D eigenvalue weighted by molar-refractivity contribution is 5.85. The van der Waals surface area contributed by atoms with E-state index in [1.54, 1.807) is 6.20 Å². The van der Waals surface area contributed by atoms with Gasteiger partial charge in [0.15, 0.2) is 0 Å². The maximum atomic E-state index is 8.74. The lowest BCUT2D eigenvalue weighted by Crippen LogP contribution is -2.52. The first kappa shape index (κ1) is 15.0. The number of anilines is 1. The van der Waals surface area contributed by atoms with E-state index in [1.165, 1.54) is 12.8 Å². The smallest absolute Gasteiger partial charge is 0.129 e. The number of hydrogen-bond donors (Lipinski definition) is 1. The second-order valence-electron chi connectivity index (χ2n) is 4.47. The second-order valence-corrected chi connectivity index (χ2v) is 4.47. The average molecular weight is 287 g/mol. The standard InChI is InChI=1S/C12H14N4.2ClH/c13-5-9-1-4-12(15-6-9)16-10-2-3-11(16)8-14-7-10;;/h1,4,6,10-11,14H,2-3,7-8H2;2*1H. The zero-order chi connectivity index (χ0) is 11.0. The summed E-state index contributed by atoms with van der Waals surface area (Å²) in [7, 11) is 0. The number of nitrogens with one attached hydrogen (secondary N) is 1. The van der Waals surface area contributed by atoms with E-state index in [2.05, 4.69) is 21.3 Å². The maximum Gasteiger partial charge on any atom is 0.129 e. The van der Waals surface area contributed by atoms with Gasteiger partial charge < -0.3 is 10.2 Å². The van der Waals surface area contributed by atoms with Crippen molar-refractivity contribution in [1.29, 1.82) is 5.26 Å². The summed E-state index contributed by atoms with van der Waals surface area (Å²) in [6.45, 7) is 2.11. The van der Waals surface area contributed by atoms with Crippen LogP contribution in [0.25, 0.3) is 0 Å². The Morgan fingerprint density at radius 1 is 1.22 bits per heavy atom. The molecule has 0 radical (unpaired) electrons. The summed E-state index contributed by atoms with van der Waals surface area (Å²) in [4.78, 5) is 6.80. The molecule has 2 bridgehead atoms. The van der Waals surface area contributed by atoms with Crippen LogP contribution in [0.2, 0.25) is 0 Å². The molecule has 1 aromatic rings. The van der Waals surface area contributed by atoms with Crippen molar-refractivity contribution in [3.05, 3.63) is 23.9 Å². The molecule has 2 aliphatic rings. The maximum absolute atomic E-state index is 8.74. The quantitative estimate of drug-likeness (QED) is 0.854. The second kappa shape index (κ2) is 6.24. The Morgan fingerprint density at radius 2 is 1.89 bits per heavy atom. The van der Waals surface area contributed by atoms with Crippen molar-refractivity contribution in [2.75, 3.05) is 18.0 Å². The van der Waals surface area contributed by atoms with E-state index in [9.17, 15) is 0 Å². The first-order chi connectivity index (χ1) is 7.88. The zero-order valence-electron chi connectivity index (χ0n) is 9.87. The molecular weight excluding hydrogens is 271 g/mol. The van der Waals surface area contributed by atoms with Gasteiger partial charge >= 0.3 is 0 Å². The molecule has 0 saturated carbocycles. The van der Waals surface area contributed by atoms with E-state index in [0.717, 1.165) is 18.9 Å². The Morgan fingerprint density at radius 3 is 2.39 bits per heavy atom. The molecule has 6 heteroatoms. The van der Waals surface area contributed by atoms with E-state index < -0.39 is 0 Å². The minimum absolute atomic E-state index is 0. The van der Waals surface area contributed by atoms with Crippen molar-refractivity contribution >= 4 is 30.6 Å². The number of hydrogen-bond acceptors (Lipinski definition) is 4. The summed E-state index contributed by atoms with van der Waals surface area (Å²) in [5.41, 5.74) is 0.631. The summed E-state index contributed by atoms with van der Waals surface area (Å²) in [6, 6.07) is 7.09. The van der Waals surface area contributed by atoms with Gasteiger partial charge in [-0.3, -0.25) is 0 Å². The van der Waals surface area contributed by atoms with Crippen LogP contribution in [0.4, 0.5) is 5.82 Å². The Labute approximate surface area is 119 Å². The van der Waals surface area contributed by atoms with Crippen molar-refractivity contribution in [3.8, 4) is 6.07 Å². The number of piperazine rings is 1. The van der Waals surface area contributed by atoms with Crippen molar-refractivity contribution in [3.63, 3.8) is 0 Å². The SMILES string of the molecule is Cl.Cl.N#Cc1ccc(N2C3CCC2CNC3)nc1. The number of pyridine rings is 1. The van der Waals surface area contributed by atoms with Crippen LogP contribution in [-0.2, 0) is 0 Å². The fraction of sp³-hybridized carbons (Fsp3) is 0.500. The summed E-state index contributed by atoms with van der Waals surface area (Å²) >= 11 is 0. The van der Waals surface area contributed by atoms with Gasteiger partial charge in [0.1, 0.15) is 11.9 Å². The lowest BCUT2D eigenvalue weighted by Gasteiger charge is -2.36. The predicted molar refractivity (Wildman–Crippen MR) is 75.6 cm³/mol. The molecule has 2 unspecified atom stereocenters. The first-order valence-electron chi connectivity index (χ1n) is 5.73. The Kier molecular flexibility index (Phi) is 5.21. The lowest BCUT2D eigenvalue weighted by atomic mass is 10.2. The van der Waals surface area contributed by atoms with Gasteiger partial charge in [-0.1, -0.05) is 0 Å². The molecule has 0 aliphatic carbocycles. The van der Waals surface area contributed by atoms with Crippen LogP contribution in [0.3, 0.4) is 0 Å². The highest BCUT2D eigenvalue weighted by Crippen LogP contribution is 2.30. The van der Waals surface area contributed by atoms with Gasteiger partial charge in [0.25, 0.3) is 0 Å². The Hall–Kier alpha value is -1.02. The Bertz CT molecular complexity index is 413. The average Bonchev–Trinajstić information content (AvgIpc) is 2.59. The van der Waals surface area contributed by atoms with Gasteiger partial charge in [-0.15, -0.1) is 24.8 Å². The normalized spacial score (nSPS) is 24.7. The molecule has 0 aromatic carbocycles. The number of halogens is 2. The van der Waals surface area contributed by atoms with Crippen LogP contribution in [0.15, 0.2) is 18.3 Å². The van der Waals surface area contributed by atoms with Gasteiger partial charge in [0.05, 0.1) is 5.56 Å². The highest BCUT2D eigenvalue weighted by atomic mass is 35.5. The predicted octanol–water partition coefficient (Wildman–Crippen LogP) is 1.74. The van der Waals surface area contributed by atoms with Crippen molar-refractivity contribution < 1.29 is 0 Å². The number of nitrogens with zero attached hydrogens (tertiary/aromatic N) is 3. The number of rotatable bonds is 1. The van der Waals surface area contributed by atoms with Crippen molar-refractivity contribution in [2.24, 2.45) is 0 Å². The van der Waals surface area contributed by atoms with Gasteiger partial charge in [-0.05, 0) is 25.0 Å². The van der Waals surface area contributed by atoms with Crippen LogP contribution in [0.5, 0.6) is 0 Å². The van der Waals surface area contributed by atoms with Gasteiger partial charge in [-0.2, -0.15) is 5.26 Å². The van der Waals surface area contributed by atoms with Gasteiger partial charge in [-0.25, -0.2) is 4.98 Å². The molecule has 2 atom stereocenters. The number of aromatic nitrogens is 1. The van der Waals surface area contributed by atoms with Gasteiger partial charge in [0, 0.05) is 31.4 Å². The van der Waals surface area contributed by atoms with Crippen molar-refractivity contribution in [1.82, 2.24) is 10.3 Å². The van der Waals surface area contributed by atoms with Gasteiger partial charge in [0.2, 0.25) is 0 Å².